The zero-order valence-corrected chi connectivity index (χ0v) is 25.4. The van der Waals surface area contributed by atoms with Gasteiger partial charge in [-0.05, 0) is 46.8 Å². The lowest BCUT2D eigenvalue weighted by atomic mass is 9.89. The molecule has 1 unspecified atom stereocenters. The summed E-state index contributed by atoms with van der Waals surface area (Å²) in [6, 6.07) is 4.09. The van der Waals surface area contributed by atoms with Crippen molar-refractivity contribution in [2.75, 3.05) is 6.61 Å². The molecule has 35 heavy (non-hydrogen) atoms. The van der Waals surface area contributed by atoms with Crippen LogP contribution in [-0.2, 0) is 14.3 Å². The second-order valence-electron chi connectivity index (χ2n) is 11.2. The van der Waals surface area contributed by atoms with Gasteiger partial charge in [-0.25, -0.2) is 0 Å². The fourth-order valence-corrected chi connectivity index (χ4v) is 6.26. The zero-order chi connectivity index (χ0) is 26.6. The highest BCUT2D eigenvalue weighted by Gasteiger charge is 2.28. The summed E-state index contributed by atoms with van der Waals surface area (Å²) in [5, 5.41) is 0. The Morgan fingerprint density at radius 2 is 1.23 bits per heavy atom. The summed E-state index contributed by atoms with van der Waals surface area (Å²) in [7, 11) is -3.91. The van der Waals surface area contributed by atoms with Gasteiger partial charge in [0, 0.05) is 4.86 Å². The van der Waals surface area contributed by atoms with Crippen molar-refractivity contribution in [2.24, 2.45) is 5.92 Å². The first-order valence-corrected chi connectivity index (χ1v) is 15.8. The maximum Gasteiger partial charge on any atom is 0.297 e. The molecule has 0 aliphatic carbocycles. The molecule has 0 aliphatic heterocycles. The van der Waals surface area contributed by atoms with E-state index in [1.807, 2.05) is 39.8 Å². The highest BCUT2D eigenvalue weighted by Crippen LogP contribution is 2.36. The van der Waals surface area contributed by atoms with Crippen LogP contribution in [0.4, 0.5) is 0 Å². The predicted molar refractivity (Wildman–Crippen MR) is 155 cm³/mol. The Hall–Kier alpha value is -0.780. The Morgan fingerprint density at radius 3 is 1.66 bits per heavy atom. The Kier molecular flexibility index (Phi) is 14.9. The number of unbranched alkanes of at least 4 members (excludes halogenated alkanes) is 8. The van der Waals surface area contributed by atoms with Gasteiger partial charge >= 0.3 is 0 Å². The van der Waals surface area contributed by atoms with E-state index in [-0.39, 0.29) is 24.4 Å². The Balaban J connectivity index is 2.73. The fraction of sp³-hybridized carbons (Fsp3) is 0.767. The minimum absolute atomic E-state index is 0.0166. The molecular formula is C30H52O3S2. The molecule has 0 aromatic heterocycles. The monoisotopic (exact) mass is 524 g/mol. The number of hydrogen-bond acceptors (Lipinski definition) is 4. The van der Waals surface area contributed by atoms with Gasteiger partial charge in [0.1, 0.15) is 4.90 Å². The summed E-state index contributed by atoms with van der Waals surface area (Å²) in [6.45, 7) is 16.8. The molecule has 0 amide bonds. The van der Waals surface area contributed by atoms with Crippen LogP contribution in [0.25, 0.3) is 0 Å². The van der Waals surface area contributed by atoms with Gasteiger partial charge in [-0.2, -0.15) is 8.42 Å². The summed E-state index contributed by atoms with van der Waals surface area (Å²) in [5.74, 6) is 0.675. The molecule has 1 atom stereocenters. The molecule has 0 saturated heterocycles. The van der Waals surface area contributed by atoms with Gasteiger partial charge in [-0.15, -0.1) is 0 Å². The molecule has 0 heterocycles. The third-order valence-electron chi connectivity index (χ3n) is 6.98. The first kappa shape index (κ1) is 32.2. The van der Waals surface area contributed by atoms with Crippen molar-refractivity contribution in [3.8, 4) is 0 Å². The van der Waals surface area contributed by atoms with E-state index in [1.165, 1.54) is 56.9 Å². The molecular weight excluding hydrogens is 472 g/mol. The van der Waals surface area contributed by atoms with Crippen LogP contribution in [0.3, 0.4) is 0 Å². The van der Waals surface area contributed by atoms with Crippen molar-refractivity contribution in [1.82, 2.24) is 0 Å². The number of benzene rings is 1. The van der Waals surface area contributed by atoms with Crippen LogP contribution in [0.15, 0.2) is 17.0 Å². The summed E-state index contributed by atoms with van der Waals surface area (Å²) < 4.78 is 32.5. The van der Waals surface area contributed by atoms with Crippen LogP contribution in [0, 0.1) is 5.92 Å². The molecule has 1 aromatic carbocycles. The molecule has 0 fully saturated rings. The third-order valence-corrected chi connectivity index (χ3v) is 8.90. The lowest BCUT2D eigenvalue weighted by Crippen LogP contribution is -2.21. The molecule has 0 bridgehead atoms. The average Bonchev–Trinajstić information content (AvgIpc) is 2.80. The van der Waals surface area contributed by atoms with Gasteiger partial charge in [0.05, 0.1) is 6.61 Å². The predicted octanol–water partition coefficient (Wildman–Crippen LogP) is 9.69. The van der Waals surface area contributed by atoms with Crippen LogP contribution >= 0.6 is 12.2 Å². The van der Waals surface area contributed by atoms with Crippen molar-refractivity contribution in [3.63, 3.8) is 0 Å². The van der Waals surface area contributed by atoms with E-state index in [0.717, 1.165) is 24.0 Å². The van der Waals surface area contributed by atoms with Crippen LogP contribution < -0.4 is 0 Å². The first-order valence-electron chi connectivity index (χ1n) is 14.0. The summed E-state index contributed by atoms with van der Waals surface area (Å²) in [6.07, 6.45) is 12.7. The zero-order valence-electron chi connectivity index (χ0n) is 23.8. The maximum atomic E-state index is 13.4. The molecule has 0 saturated carbocycles. The van der Waals surface area contributed by atoms with Gasteiger partial charge in [0.2, 0.25) is 0 Å². The number of hydrogen-bond donors (Lipinski definition) is 0. The summed E-state index contributed by atoms with van der Waals surface area (Å²) >= 11 is 5.59. The Labute approximate surface area is 222 Å². The van der Waals surface area contributed by atoms with E-state index in [1.54, 1.807) is 0 Å². The van der Waals surface area contributed by atoms with Crippen molar-refractivity contribution in [1.29, 1.82) is 0 Å². The Morgan fingerprint density at radius 1 is 0.771 bits per heavy atom. The van der Waals surface area contributed by atoms with Gasteiger partial charge in [0.25, 0.3) is 10.1 Å². The van der Waals surface area contributed by atoms with Crippen molar-refractivity contribution in [3.05, 3.63) is 28.8 Å². The maximum absolute atomic E-state index is 13.4. The van der Waals surface area contributed by atoms with E-state index in [2.05, 4.69) is 27.7 Å². The smallest absolute Gasteiger partial charge is 0.261 e. The standard InChI is InChI=1S/C30H52O3S2/c1-9-10-11-12-13-14-15-16-17-18-25(8)29(34)21-33-35(31,32)30-27(23(4)5)19-26(22(2)3)20-28(30)24(6)7/h19-20,22-25H,9-18,21H2,1-8H3. The van der Waals surface area contributed by atoms with Crippen molar-refractivity contribution < 1.29 is 12.6 Å². The lowest BCUT2D eigenvalue weighted by Gasteiger charge is -2.22. The van der Waals surface area contributed by atoms with Crippen molar-refractivity contribution in [2.45, 2.75) is 142 Å². The normalized spacial score (nSPS) is 13.2. The molecule has 0 radical (unpaired) electrons. The molecule has 1 aromatic rings. The van der Waals surface area contributed by atoms with E-state index >= 15 is 0 Å². The molecule has 3 nitrogen and oxygen atoms in total. The molecule has 5 heteroatoms. The van der Waals surface area contributed by atoms with Crippen LogP contribution in [0.1, 0.15) is 154 Å². The second kappa shape index (κ2) is 16.1. The first-order chi connectivity index (χ1) is 16.4. The average molecular weight is 525 g/mol. The molecule has 0 spiro atoms. The van der Waals surface area contributed by atoms with Gasteiger partial charge < -0.3 is 0 Å². The minimum atomic E-state index is -3.91. The Bertz CT molecular complexity index is 841. The molecule has 0 aliphatic rings. The molecule has 202 valence electrons. The SMILES string of the molecule is CCCCCCCCCCCC(C)C(=S)COS(=O)(=O)c1c(C(C)C)cc(C(C)C)cc1C(C)C. The highest BCUT2D eigenvalue weighted by molar-refractivity contribution is 7.87. The van der Waals surface area contributed by atoms with Crippen LogP contribution in [-0.4, -0.2) is 19.9 Å². The quantitative estimate of drug-likeness (QED) is 0.109. The fourth-order valence-electron chi connectivity index (χ4n) is 4.44. The van der Waals surface area contributed by atoms with Gasteiger partial charge in [-0.1, -0.05) is 138 Å². The van der Waals surface area contributed by atoms with Crippen LogP contribution in [0.5, 0.6) is 0 Å². The number of thiocarbonyl (C=S) groups is 1. The van der Waals surface area contributed by atoms with Gasteiger partial charge in [-0.3, -0.25) is 4.18 Å². The van der Waals surface area contributed by atoms with Crippen molar-refractivity contribution >= 4 is 27.2 Å². The van der Waals surface area contributed by atoms with E-state index in [9.17, 15) is 8.42 Å². The van der Waals surface area contributed by atoms with E-state index in [0.29, 0.717) is 15.7 Å². The van der Waals surface area contributed by atoms with Crippen LogP contribution in [0.2, 0.25) is 0 Å². The molecule has 0 N–H and O–H groups in total. The summed E-state index contributed by atoms with van der Waals surface area (Å²) in [4.78, 5) is 1.05. The molecule has 1 rings (SSSR count). The highest BCUT2D eigenvalue weighted by atomic mass is 32.2. The van der Waals surface area contributed by atoms with Gasteiger partial charge in [0.15, 0.2) is 0 Å². The second-order valence-corrected chi connectivity index (χ2v) is 13.3. The third kappa shape index (κ3) is 11.0. The summed E-state index contributed by atoms with van der Waals surface area (Å²) in [5.41, 5.74) is 2.85. The lowest BCUT2D eigenvalue weighted by molar-refractivity contribution is 0.362. The van der Waals surface area contributed by atoms with E-state index < -0.39 is 10.1 Å². The van der Waals surface area contributed by atoms with E-state index in [4.69, 9.17) is 16.4 Å². The topological polar surface area (TPSA) is 43.4 Å². The number of rotatable bonds is 18. The minimum Gasteiger partial charge on any atom is -0.261 e. The largest absolute Gasteiger partial charge is 0.297 e.